The van der Waals surface area contributed by atoms with Crippen LogP contribution in [-0.2, 0) is 9.53 Å². The van der Waals surface area contributed by atoms with Crippen molar-refractivity contribution in [3.05, 3.63) is 11.8 Å². The number of nitrogens with one attached hydrogen (secondary N) is 1. The summed E-state index contributed by atoms with van der Waals surface area (Å²) in [5, 5.41) is 2.49. The van der Waals surface area contributed by atoms with Crippen LogP contribution in [0.3, 0.4) is 0 Å². The predicted molar refractivity (Wildman–Crippen MR) is 42.5 cm³/mol. The smallest absolute Gasteiger partial charge is 0.411 e. The van der Waals surface area contributed by atoms with Crippen molar-refractivity contribution in [3.8, 4) is 0 Å². The van der Waals surface area contributed by atoms with Gasteiger partial charge in [0.15, 0.2) is 5.78 Å². The molecule has 1 amide bonds. The van der Waals surface area contributed by atoms with E-state index in [1.807, 2.05) is 0 Å². The third-order valence-corrected chi connectivity index (χ3v) is 1.51. The lowest BCUT2D eigenvalue weighted by Gasteiger charge is -2.03. The molecule has 0 aromatic heterocycles. The van der Waals surface area contributed by atoms with Crippen molar-refractivity contribution >= 4 is 11.9 Å². The van der Waals surface area contributed by atoms with Crippen molar-refractivity contribution in [2.75, 3.05) is 6.61 Å². The SMILES string of the molecule is CCOC(=O)NC1=CC(=O)CC1. The average molecular weight is 169 g/mol. The van der Waals surface area contributed by atoms with Crippen molar-refractivity contribution in [2.45, 2.75) is 19.8 Å². The number of hydrogen-bond acceptors (Lipinski definition) is 3. The fraction of sp³-hybridized carbons (Fsp3) is 0.500. The van der Waals surface area contributed by atoms with Crippen LogP contribution in [0.2, 0.25) is 0 Å². The van der Waals surface area contributed by atoms with Gasteiger partial charge in [-0.15, -0.1) is 0 Å². The van der Waals surface area contributed by atoms with Crippen LogP contribution < -0.4 is 5.32 Å². The monoisotopic (exact) mass is 169 g/mol. The Balaban J connectivity index is 2.36. The Morgan fingerprint density at radius 2 is 2.42 bits per heavy atom. The van der Waals surface area contributed by atoms with E-state index in [4.69, 9.17) is 0 Å². The van der Waals surface area contributed by atoms with E-state index in [9.17, 15) is 9.59 Å². The summed E-state index contributed by atoms with van der Waals surface area (Å²) in [5.41, 5.74) is 0.651. The fourth-order valence-corrected chi connectivity index (χ4v) is 0.993. The van der Waals surface area contributed by atoms with E-state index in [0.717, 1.165) is 0 Å². The third-order valence-electron chi connectivity index (χ3n) is 1.51. The number of amides is 1. The average Bonchev–Trinajstić information content (AvgIpc) is 2.36. The maximum Gasteiger partial charge on any atom is 0.411 e. The molecule has 0 heterocycles. The lowest BCUT2D eigenvalue weighted by molar-refractivity contribution is -0.114. The zero-order valence-electron chi connectivity index (χ0n) is 6.92. The van der Waals surface area contributed by atoms with Crippen LogP contribution in [-0.4, -0.2) is 18.5 Å². The molecule has 0 saturated heterocycles. The van der Waals surface area contributed by atoms with Gasteiger partial charge in [-0.25, -0.2) is 4.79 Å². The molecule has 0 saturated carbocycles. The van der Waals surface area contributed by atoms with Crippen LogP contribution >= 0.6 is 0 Å². The van der Waals surface area contributed by atoms with E-state index in [-0.39, 0.29) is 5.78 Å². The molecular weight excluding hydrogens is 158 g/mol. The molecule has 4 heteroatoms. The molecule has 0 aromatic carbocycles. The minimum atomic E-state index is -0.488. The number of rotatable bonds is 2. The van der Waals surface area contributed by atoms with Gasteiger partial charge in [0.2, 0.25) is 0 Å². The van der Waals surface area contributed by atoms with Gasteiger partial charge in [-0.05, 0) is 13.3 Å². The Bertz CT molecular complexity index is 232. The van der Waals surface area contributed by atoms with Crippen molar-refractivity contribution in [3.63, 3.8) is 0 Å². The summed E-state index contributed by atoms with van der Waals surface area (Å²) < 4.78 is 4.64. The molecule has 66 valence electrons. The summed E-state index contributed by atoms with van der Waals surface area (Å²) in [7, 11) is 0. The normalized spacial score (nSPS) is 15.8. The van der Waals surface area contributed by atoms with Crippen molar-refractivity contribution in [2.24, 2.45) is 0 Å². The largest absolute Gasteiger partial charge is 0.450 e. The van der Waals surface area contributed by atoms with Gasteiger partial charge in [0.25, 0.3) is 0 Å². The molecule has 0 bridgehead atoms. The second kappa shape index (κ2) is 3.90. The second-order valence-corrected chi connectivity index (χ2v) is 2.48. The van der Waals surface area contributed by atoms with Gasteiger partial charge in [-0.1, -0.05) is 0 Å². The standard InChI is InChI=1S/C8H11NO3/c1-2-12-8(11)9-6-3-4-7(10)5-6/h5H,2-4H2,1H3,(H,9,11). The van der Waals surface area contributed by atoms with Crippen LogP contribution in [0.1, 0.15) is 19.8 Å². The first-order valence-corrected chi connectivity index (χ1v) is 3.89. The van der Waals surface area contributed by atoms with Gasteiger partial charge >= 0.3 is 6.09 Å². The first-order valence-electron chi connectivity index (χ1n) is 3.89. The zero-order chi connectivity index (χ0) is 8.97. The van der Waals surface area contributed by atoms with Crippen LogP contribution in [0.5, 0.6) is 0 Å². The lowest BCUT2D eigenvalue weighted by Crippen LogP contribution is -2.22. The van der Waals surface area contributed by atoms with E-state index in [1.54, 1.807) is 6.92 Å². The van der Waals surface area contributed by atoms with Gasteiger partial charge in [0.1, 0.15) is 0 Å². The van der Waals surface area contributed by atoms with Crippen LogP contribution in [0.4, 0.5) is 4.79 Å². The Kier molecular flexibility index (Phi) is 2.85. The van der Waals surface area contributed by atoms with Gasteiger partial charge in [0.05, 0.1) is 6.61 Å². The minimum Gasteiger partial charge on any atom is -0.450 e. The highest BCUT2D eigenvalue weighted by atomic mass is 16.5. The fourth-order valence-electron chi connectivity index (χ4n) is 0.993. The number of ether oxygens (including phenoxy) is 1. The maximum atomic E-state index is 10.8. The molecule has 0 radical (unpaired) electrons. The van der Waals surface area contributed by atoms with Gasteiger partial charge < -0.3 is 4.74 Å². The molecule has 1 aliphatic carbocycles. The van der Waals surface area contributed by atoms with E-state index in [1.165, 1.54) is 6.08 Å². The van der Waals surface area contributed by atoms with E-state index in [2.05, 4.69) is 10.1 Å². The highest BCUT2D eigenvalue weighted by Crippen LogP contribution is 2.11. The number of ketones is 1. The quantitative estimate of drug-likeness (QED) is 0.670. The number of alkyl carbamates (subject to hydrolysis) is 1. The van der Waals surface area contributed by atoms with Gasteiger partial charge in [-0.2, -0.15) is 0 Å². The molecule has 1 N–H and O–H groups in total. The summed E-state index contributed by atoms with van der Waals surface area (Å²) in [6, 6.07) is 0. The summed E-state index contributed by atoms with van der Waals surface area (Å²) in [4.78, 5) is 21.5. The summed E-state index contributed by atoms with van der Waals surface area (Å²) >= 11 is 0. The van der Waals surface area contributed by atoms with E-state index >= 15 is 0 Å². The topological polar surface area (TPSA) is 55.4 Å². The molecule has 0 fully saturated rings. The molecule has 0 unspecified atom stereocenters. The van der Waals surface area contributed by atoms with Crippen molar-refractivity contribution in [1.82, 2.24) is 5.32 Å². The zero-order valence-corrected chi connectivity index (χ0v) is 6.92. The number of allylic oxidation sites excluding steroid dienone is 2. The van der Waals surface area contributed by atoms with Gasteiger partial charge in [-0.3, -0.25) is 10.1 Å². The van der Waals surface area contributed by atoms with Crippen molar-refractivity contribution in [1.29, 1.82) is 0 Å². The Hall–Kier alpha value is -1.32. The van der Waals surface area contributed by atoms with Crippen molar-refractivity contribution < 1.29 is 14.3 Å². The molecule has 0 aliphatic heterocycles. The molecule has 0 aromatic rings. The number of carbonyl (C=O) groups is 2. The first-order chi connectivity index (χ1) is 5.72. The van der Waals surface area contributed by atoms with E-state index < -0.39 is 6.09 Å². The molecular formula is C8H11NO3. The van der Waals surface area contributed by atoms with Crippen LogP contribution in [0, 0.1) is 0 Å². The molecule has 0 atom stereocenters. The summed E-state index contributed by atoms with van der Waals surface area (Å²) in [5.74, 6) is 0.0572. The Morgan fingerprint density at radius 3 is 2.92 bits per heavy atom. The maximum absolute atomic E-state index is 10.8. The summed E-state index contributed by atoms with van der Waals surface area (Å²) in [6.07, 6.45) is 2.05. The summed E-state index contributed by atoms with van der Waals surface area (Å²) in [6.45, 7) is 2.07. The predicted octanol–water partition coefficient (Wildman–Crippen LogP) is 0.979. The molecule has 1 rings (SSSR count). The van der Waals surface area contributed by atoms with Gasteiger partial charge in [0, 0.05) is 18.2 Å². The van der Waals surface area contributed by atoms with Crippen LogP contribution in [0.15, 0.2) is 11.8 Å². The first kappa shape index (κ1) is 8.77. The molecule has 0 spiro atoms. The van der Waals surface area contributed by atoms with Crippen LogP contribution in [0.25, 0.3) is 0 Å². The molecule has 12 heavy (non-hydrogen) atoms. The third kappa shape index (κ3) is 2.38. The number of hydrogen-bond donors (Lipinski definition) is 1. The molecule has 1 aliphatic rings. The minimum absolute atomic E-state index is 0.0572. The second-order valence-electron chi connectivity index (χ2n) is 2.48. The molecule has 4 nitrogen and oxygen atoms in total. The Morgan fingerprint density at radius 1 is 1.67 bits per heavy atom. The Labute approximate surface area is 70.6 Å². The highest BCUT2D eigenvalue weighted by Gasteiger charge is 2.13. The van der Waals surface area contributed by atoms with E-state index in [0.29, 0.717) is 25.1 Å². The highest BCUT2D eigenvalue weighted by molar-refractivity contribution is 5.93. The number of carbonyl (C=O) groups excluding carboxylic acids is 2. The lowest BCUT2D eigenvalue weighted by atomic mass is 10.3.